The highest BCUT2D eigenvalue weighted by Gasteiger charge is 2.33. The van der Waals surface area contributed by atoms with Crippen molar-refractivity contribution in [3.8, 4) is 5.75 Å². The van der Waals surface area contributed by atoms with Gasteiger partial charge in [0.2, 0.25) is 0 Å². The summed E-state index contributed by atoms with van der Waals surface area (Å²) < 4.78 is 44.0. The zero-order chi connectivity index (χ0) is 15.9. The van der Waals surface area contributed by atoms with Crippen LogP contribution in [0.3, 0.4) is 0 Å². The molecular weight excluding hydrogens is 281 g/mol. The van der Waals surface area contributed by atoms with Gasteiger partial charge < -0.3 is 4.74 Å². The number of carbonyl (C=O) groups is 1. The number of unbranched alkanes of at least 4 members (excludes halogenated alkanes) is 3. The molecule has 0 aliphatic rings. The van der Waals surface area contributed by atoms with E-state index in [4.69, 9.17) is 4.74 Å². The number of ether oxygens (including phenoxy) is 1. The van der Waals surface area contributed by atoms with Crippen LogP contribution in [0.4, 0.5) is 13.2 Å². The zero-order valence-electron chi connectivity index (χ0n) is 12.4. The van der Waals surface area contributed by atoms with Gasteiger partial charge in [0, 0.05) is 5.56 Å². The van der Waals surface area contributed by atoms with Gasteiger partial charge in [0.25, 0.3) is 0 Å². The van der Waals surface area contributed by atoms with Gasteiger partial charge in [-0.3, -0.25) is 4.79 Å². The second kappa shape index (κ2) is 8.05. The molecule has 0 heterocycles. The molecular formula is C16H21F3O2. The van der Waals surface area contributed by atoms with E-state index in [1.807, 2.05) is 6.92 Å². The van der Waals surface area contributed by atoms with E-state index in [0.29, 0.717) is 0 Å². The lowest BCUT2D eigenvalue weighted by Gasteiger charge is -2.17. The van der Waals surface area contributed by atoms with Crippen LogP contribution in [0.2, 0.25) is 0 Å². The van der Waals surface area contributed by atoms with Crippen molar-refractivity contribution in [3.05, 3.63) is 29.3 Å². The summed E-state index contributed by atoms with van der Waals surface area (Å²) in [5.41, 5.74) is -1.32. The van der Waals surface area contributed by atoms with Crippen LogP contribution >= 0.6 is 0 Å². The molecule has 0 radical (unpaired) electrons. The summed E-state index contributed by atoms with van der Waals surface area (Å²) in [5, 5.41) is 0. The summed E-state index contributed by atoms with van der Waals surface area (Å²) >= 11 is 0. The molecule has 1 aromatic rings. The third-order valence-electron chi connectivity index (χ3n) is 3.26. The molecule has 21 heavy (non-hydrogen) atoms. The van der Waals surface area contributed by atoms with Crippen molar-refractivity contribution in [1.29, 1.82) is 0 Å². The molecule has 0 saturated heterocycles. The van der Waals surface area contributed by atoms with Gasteiger partial charge in [-0.1, -0.05) is 26.2 Å². The van der Waals surface area contributed by atoms with Crippen LogP contribution in [0, 0.1) is 0 Å². The Morgan fingerprint density at radius 2 is 1.95 bits per heavy atom. The first kappa shape index (κ1) is 17.5. The topological polar surface area (TPSA) is 26.3 Å². The second-order valence-electron chi connectivity index (χ2n) is 5.14. The Balaban J connectivity index is 2.69. The lowest BCUT2D eigenvalue weighted by molar-refractivity contribution is -0.138. The normalized spacial score (nSPS) is 13.0. The largest absolute Gasteiger partial charge is 0.491 e. The lowest BCUT2D eigenvalue weighted by Crippen LogP contribution is -2.14. The predicted octanol–water partition coefficient (Wildman–Crippen LogP) is 5.26. The molecule has 0 amide bonds. The van der Waals surface area contributed by atoms with Crippen LogP contribution in [0.5, 0.6) is 5.75 Å². The Morgan fingerprint density at radius 1 is 1.24 bits per heavy atom. The Kier molecular flexibility index (Phi) is 6.72. The van der Waals surface area contributed by atoms with E-state index in [-0.39, 0.29) is 23.7 Å². The predicted molar refractivity (Wildman–Crippen MR) is 75.7 cm³/mol. The highest BCUT2D eigenvalue weighted by molar-refractivity contribution is 5.78. The monoisotopic (exact) mass is 302 g/mol. The maximum atomic E-state index is 12.8. The van der Waals surface area contributed by atoms with E-state index in [1.165, 1.54) is 6.07 Å². The van der Waals surface area contributed by atoms with Crippen molar-refractivity contribution in [2.45, 2.75) is 58.2 Å². The van der Waals surface area contributed by atoms with Gasteiger partial charge in [-0.05, 0) is 38.0 Å². The van der Waals surface area contributed by atoms with Gasteiger partial charge in [-0.2, -0.15) is 13.2 Å². The van der Waals surface area contributed by atoms with Crippen LogP contribution in [-0.2, 0) is 6.18 Å². The number of alkyl halides is 3. The number of rotatable bonds is 8. The summed E-state index contributed by atoms with van der Waals surface area (Å²) in [6.07, 6.45) is 0.689. The summed E-state index contributed by atoms with van der Waals surface area (Å²) in [5.74, 6) is 0.149. The lowest BCUT2D eigenvalue weighted by atomic mass is 10.1. The molecule has 1 unspecified atom stereocenters. The molecule has 0 aliphatic heterocycles. The second-order valence-corrected chi connectivity index (χ2v) is 5.14. The fourth-order valence-electron chi connectivity index (χ4n) is 2.11. The first-order valence-corrected chi connectivity index (χ1v) is 7.21. The number of hydrogen-bond acceptors (Lipinski definition) is 2. The Hall–Kier alpha value is -1.52. The first-order valence-electron chi connectivity index (χ1n) is 7.21. The van der Waals surface area contributed by atoms with E-state index < -0.39 is 11.7 Å². The molecule has 1 aromatic carbocycles. The highest BCUT2D eigenvalue weighted by Crippen LogP contribution is 2.34. The minimum Gasteiger partial charge on any atom is -0.491 e. The van der Waals surface area contributed by atoms with Gasteiger partial charge in [0.15, 0.2) is 6.29 Å². The third kappa shape index (κ3) is 5.78. The molecule has 5 heteroatoms. The summed E-state index contributed by atoms with van der Waals surface area (Å²) in [6.45, 7) is 3.96. The quantitative estimate of drug-likeness (QED) is 0.484. The average Bonchev–Trinajstić information content (AvgIpc) is 2.42. The third-order valence-corrected chi connectivity index (χ3v) is 3.26. The number of benzene rings is 1. The Bertz CT molecular complexity index is 455. The van der Waals surface area contributed by atoms with Gasteiger partial charge in [-0.15, -0.1) is 0 Å². The minimum atomic E-state index is -4.56. The molecule has 1 rings (SSSR count). The maximum Gasteiger partial charge on any atom is 0.417 e. The fraction of sp³-hybridized carbons (Fsp3) is 0.562. The van der Waals surface area contributed by atoms with Crippen molar-refractivity contribution < 1.29 is 22.7 Å². The van der Waals surface area contributed by atoms with E-state index in [2.05, 4.69) is 6.92 Å². The van der Waals surface area contributed by atoms with Gasteiger partial charge in [0.05, 0.1) is 11.7 Å². The molecule has 2 nitrogen and oxygen atoms in total. The van der Waals surface area contributed by atoms with Crippen molar-refractivity contribution >= 4 is 6.29 Å². The summed E-state index contributed by atoms with van der Waals surface area (Å²) in [4.78, 5) is 10.7. The molecule has 0 saturated carbocycles. The molecule has 0 spiro atoms. The molecule has 0 N–H and O–H groups in total. The average molecular weight is 302 g/mol. The smallest absolute Gasteiger partial charge is 0.417 e. The molecule has 0 aliphatic carbocycles. The highest BCUT2D eigenvalue weighted by atomic mass is 19.4. The van der Waals surface area contributed by atoms with Crippen LogP contribution in [0.25, 0.3) is 0 Å². The number of hydrogen-bond donors (Lipinski definition) is 0. The Morgan fingerprint density at radius 3 is 2.52 bits per heavy atom. The van der Waals surface area contributed by atoms with E-state index >= 15 is 0 Å². The maximum absolute atomic E-state index is 12.8. The minimum absolute atomic E-state index is 0.148. The molecule has 0 fully saturated rings. The van der Waals surface area contributed by atoms with Crippen LogP contribution < -0.4 is 4.74 Å². The molecule has 0 aromatic heterocycles. The van der Waals surface area contributed by atoms with E-state index in [1.54, 1.807) is 0 Å². The molecule has 118 valence electrons. The zero-order valence-corrected chi connectivity index (χ0v) is 12.4. The Labute approximate surface area is 123 Å². The summed E-state index contributed by atoms with van der Waals surface area (Å²) in [6, 6.07) is 3.45. The van der Waals surface area contributed by atoms with Crippen molar-refractivity contribution in [2.75, 3.05) is 0 Å². The molecule has 0 bridgehead atoms. The van der Waals surface area contributed by atoms with Crippen molar-refractivity contribution in [3.63, 3.8) is 0 Å². The van der Waals surface area contributed by atoms with Gasteiger partial charge in [0.1, 0.15) is 5.75 Å². The first-order chi connectivity index (χ1) is 9.88. The van der Waals surface area contributed by atoms with E-state index in [0.717, 1.165) is 44.2 Å². The van der Waals surface area contributed by atoms with Crippen LogP contribution in [0.1, 0.15) is 61.9 Å². The standard InChI is InChI=1S/C16H21F3O2/c1-3-4-5-6-7-12(2)21-14-9-8-13(11-20)15(10-14)16(17,18)19/h8-12H,3-7H2,1-2H3. The van der Waals surface area contributed by atoms with Gasteiger partial charge >= 0.3 is 6.18 Å². The number of halogens is 3. The number of aldehydes is 1. The van der Waals surface area contributed by atoms with Crippen molar-refractivity contribution in [1.82, 2.24) is 0 Å². The SMILES string of the molecule is CCCCCCC(C)Oc1ccc(C=O)c(C(F)(F)F)c1. The van der Waals surface area contributed by atoms with Gasteiger partial charge in [-0.25, -0.2) is 0 Å². The number of carbonyl (C=O) groups excluding carboxylic acids is 1. The molecule has 1 atom stereocenters. The van der Waals surface area contributed by atoms with Crippen molar-refractivity contribution in [2.24, 2.45) is 0 Å². The fourth-order valence-corrected chi connectivity index (χ4v) is 2.11. The van der Waals surface area contributed by atoms with Crippen LogP contribution in [-0.4, -0.2) is 12.4 Å². The van der Waals surface area contributed by atoms with E-state index in [9.17, 15) is 18.0 Å². The van der Waals surface area contributed by atoms with Crippen LogP contribution in [0.15, 0.2) is 18.2 Å². The summed E-state index contributed by atoms with van der Waals surface area (Å²) in [7, 11) is 0.